The molecule has 0 N–H and O–H groups in total. The Balaban J connectivity index is 1.68. The summed E-state index contributed by atoms with van der Waals surface area (Å²) in [7, 11) is 0. The van der Waals surface area contributed by atoms with Crippen molar-refractivity contribution in [3.05, 3.63) is 72.1 Å². The zero-order chi connectivity index (χ0) is 21.9. The largest absolute Gasteiger partial charge is 0.573 e. The fourth-order valence-corrected chi connectivity index (χ4v) is 3.59. The highest BCUT2D eigenvalue weighted by Crippen LogP contribution is 2.38. The van der Waals surface area contributed by atoms with Crippen LogP contribution in [0.5, 0.6) is 11.5 Å². The Morgan fingerprint density at radius 2 is 1.50 bits per heavy atom. The molecule has 1 fully saturated rings. The molecule has 8 heteroatoms. The summed E-state index contributed by atoms with van der Waals surface area (Å²) in [6, 6.07) is 7.60. The molecule has 30 heavy (non-hydrogen) atoms. The van der Waals surface area contributed by atoms with Crippen molar-refractivity contribution >= 4 is 0 Å². The molecule has 0 heterocycles. The number of ether oxygens (including phenoxy) is 2. The van der Waals surface area contributed by atoms with Crippen molar-refractivity contribution in [3.8, 4) is 11.5 Å². The maximum Gasteiger partial charge on any atom is 0.573 e. The van der Waals surface area contributed by atoms with Gasteiger partial charge in [0.1, 0.15) is 5.75 Å². The first-order chi connectivity index (χ1) is 14.1. The van der Waals surface area contributed by atoms with Crippen molar-refractivity contribution in [1.82, 2.24) is 0 Å². The number of hydrogen-bond acceptors (Lipinski definition) is 2. The smallest absolute Gasteiger partial charge is 0.429 e. The minimum atomic E-state index is -5.13. The summed E-state index contributed by atoms with van der Waals surface area (Å²) in [6.07, 6.45) is -3.08. The molecule has 0 atom stereocenters. The fraction of sp³-hybridized carbons (Fsp3) is 0.364. The van der Waals surface area contributed by atoms with Gasteiger partial charge in [-0.25, -0.2) is 4.39 Å². The predicted molar refractivity (Wildman–Crippen MR) is 98.9 cm³/mol. The summed E-state index contributed by atoms with van der Waals surface area (Å²) in [4.78, 5) is 0. The van der Waals surface area contributed by atoms with Crippen LogP contribution in [0, 0.1) is 11.7 Å². The molecule has 0 saturated heterocycles. The van der Waals surface area contributed by atoms with Gasteiger partial charge in [-0.3, -0.25) is 0 Å². The van der Waals surface area contributed by atoms with E-state index in [9.17, 15) is 26.3 Å². The van der Waals surface area contributed by atoms with E-state index in [1.54, 1.807) is 12.1 Å². The Kier molecular flexibility index (Phi) is 6.33. The fourth-order valence-electron chi connectivity index (χ4n) is 3.59. The zero-order valence-corrected chi connectivity index (χ0v) is 15.9. The average molecular weight is 430 g/mol. The molecular weight excluding hydrogens is 410 g/mol. The number of benzene rings is 2. The Labute approximate surface area is 170 Å². The Bertz CT molecular complexity index is 868. The summed E-state index contributed by atoms with van der Waals surface area (Å²) in [6.45, 7) is 3.81. The van der Waals surface area contributed by atoms with Gasteiger partial charge in [0.25, 0.3) is 0 Å². The van der Waals surface area contributed by atoms with Crippen molar-refractivity contribution < 1.29 is 35.8 Å². The molecule has 162 valence electrons. The van der Waals surface area contributed by atoms with Crippen molar-refractivity contribution in [2.75, 3.05) is 0 Å². The third-order valence-corrected chi connectivity index (χ3v) is 5.20. The summed E-state index contributed by atoms with van der Waals surface area (Å²) in [5, 5.41) is 0. The molecule has 2 aromatic rings. The highest BCUT2D eigenvalue weighted by molar-refractivity contribution is 5.33. The second kappa shape index (κ2) is 8.62. The van der Waals surface area contributed by atoms with Crippen LogP contribution >= 0.6 is 0 Å². The van der Waals surface area contributed by atoms with Crippen LogP contribution in [0.2, 0.25) is 0 Å². The van der Waals surface area contributed by atoms with Gasteiger partial charge in [-0.05, 0) is 73.4 Å². The van der Waals surface area contributed by atoms with E-state index in [4.69, 9.17) is 0 Å². The molecule has 2 aromatic carbocycles. The molecule has 0 amide bonds. The maximum absolute atomic E-state index is 14.4. The van der Waals surface area contributed by atoms with Gasteiger partial charge in [-0.15, -0.1) is 19.8 Å². The van der Waals surface area contributed by atoms with Crippen molar-refractivity contribution in [2.45, 2.75) is 44.1 Å². The first-order valence-electron chi connectivity index (χ1n) is 9.42. The highest BCUT2D eigenvalue weighted by Gasteiger charge is 2.37. The molecule has 0 bridgehead atoms. The van der Waals surface area contributed by atoms with Crippen LogP contribution in [-0.2, 0) is 6.11 Å². The van der Waals surface area contributed by atoms with Crippen molar-refractivity contribution in [1.29, 1.82) is 0 Å². The molecule has 0 spiro atoms. The standard InChI is InChI=1S/C22H20F6O2/c1-2-14-3-5-15(6-4-14)16-7-10-18(11-8-16)29-21(24,25)17-9-12-20(19(23)13-17)30-22(26,27)28/h2,7-15H,1,3-6H2. The molecule has 1 aliphatic rings. The summed E-state index contributed by atoms with van der Waals surface area (Å²) < 4.78 is 87.1. The second-order valence-corrected chi connectivity index (χ2v) is 7.23. The zero-order valence-electron chi connectivity index (χ0n) is 15.9. The third-order valence-electron chi connectivity index (χ3n) is 5.20. The van der Waals surface area contributed by atoms with Gasteiger partial charge in [0, 0.05) is 0 Å². The lowest BCUT2D eigenvalue weighted by molar-refractivity contribution is -0.275. The van der Waals surface area contributed by atoms with Gasteiger partial charge in [0.15, 0.2) is 11.6 Å². The monoisotopic (exact) mass is 430 g/mol. The van der Waals surface area contributed by atoms with Crippen LogP contribution in [0.3, 0.4) is 0 Å². The third kappa shape index (κ3) is 5.49. The number of rotatable bonds is 6. The van der Waals surface area contributed by atoms with Crippen LogP contribution in [0.15, 0.2) is 55.1 Å². The maximum atomic E-state index is 14.4. The lowest BCUT2D eigenvalue weighted by Gasteiger charge is -2.27. The van der Waals surface area contributed by atoms with E-state index in [2.05, 4.69) is 16.1 Å². The van der Waals surface area contributed by atoms with E-state index in [0.29, 0.717) is 24.0 Å². The van der Waals surface area contributed by atoms with E-state index in [1.807, 2.05) is 6.08 Å². The van der Waals surface area contributed by atoms with E-state index in [1.165, 1.54) is 12.1 Å². The molecule has 0 aliphatic heterocycles. The molecule has 0 aromatic heterocycles. The van der Waals surface area contributed by atoms with Crippen molar-refractivity contribution in [3.63, 3.8) is 0 Å². The molecular formula is C22H20F6O2. The van der Waals surface area contributed by atoms with Gasteiger partial charge in [0.05, 0.1) is 5.56 Å². The normalized spacial score (nSPS) is 19.9. The minimum absolute atomic E-state index is 0.139. The lowest BCUT2D eigenvalue weighted by atomic mass is 9.79. The number of alkyl halides is 5. The molecule has 3 rings (SSSR count). The van der Waals surface area contributed by atoms with Gasteiger partial charge in [-0.1, -0.05) is 18.2 Å². The first kappa shape index (κ1) is 22.1. The van der Waals surface area contributed by atoms with Crippen molar-refractivity contribution in [2.24, 2.45) is 5.92 Å². The molecule has 1 saturated carbocycles. The van der Waals surface area contributed by atoms with Gasteiger partial charge in [0.2, 0.25) is 0 Å². The topological polar surface area (TPSA) is 18.5 Å². The Hall–Kier alpha value is -2.64. The molecule has 2 nitrogen and oxygen atoms in total. The van der Waals surface area contributed by atoms with Crippen LogP contribution in [0.1, 0.15) is 42.7 Å². The first-order valence-corrected chi connectivity index (χ1v) is 9.42. The quantitative estimate of drug-likeness (QED) is 0.353. The second-order valence-electron chi connectivity index (χ2n) is 7.23. The predicted octanol–water partition coefficient (Wildman–Crippen LogP) is 7.31. The summed E-state index contributed by atoms with van der Waals surface area (Å²) in [5.41, 5.74) is 0.0919. The molecule has 0 radical (unpaired) electrons. The lowest BCUT2D eigenvalue weighted by Crippen LogP contribution is -2.23. The summed E-state index contributed by atoms with van der Waals surface area (Å²) >= 11 is 0. The number of halogens is 6. The van der Waals surface area contributed by atoms with E-state index in [-0.39, 0.29) is 11.8 Å². The van der Waals surface area contributed by atoms with Crippen LogP contribution < -0.4 is 9.47 Å². The number of allylic oxidation sites excluding steroid dienone is 1. The average Bonchev–Trinajstić information content (AvgIpc) is 2.69. The highest BCUT2D eigenvalue weighted by atomic mass is 19.4. The van der Waals surface area contributed by atoms with Gasteiger partial charge < -0.3 is 9.47 Å². The van der Waals surface area contributed by atoms with E-state index >= 15 is 0 Å². The Morgan fingerprint density at radius 1 is 0.867 bits per heavy atom. The summed E-state index contributed by atoms with van der Waals surface area (Å²) in [5.74, 6) is -2.06. The Morgan fingerprint density at radius 3 is 2.03 bits per heavy atom. The van der Waals surface area contributed by atoms with Gasteiger partial charge in [-0.2, -0.15) is 8.78 Å². The molecule has 1 aliphatic carbocycles. The van der Waals surface area contributed by atoms with E-state index < -0.39 is 29.6 Å². The molecule has 0 unspecified atom stereocenters. The van der Waals surface area contributed by atoms with Crippen LogP contribution in [-0.4, -0.2) is 6.36 Å². The number of hydrogen-bond donors (Lipinski definition) is 0. The van der Waals surface area contributed by atoms with Crippen LogP contribution in [0.4, 0.5) is 26.3 Å². The minimum Gasteiger partial charge on any atom is -0.429 e. The SMILES string of the molecule is C=CC1CCC(c2ccc(OC(F)(F)c3ccc(OC(F)(F)F)c(F)c3)cc2)CC1. The van der Waals surface area contributed by atoms with E-state index in [0.717, 1.165) is 31.2 Å². The van der Waals surface area contributed by atoms with Crippen LogP contribution in [0.25, 0.3) is 0 Å². The van der Waals surface area contributed by atoms with Gasteiger partial charge >= 0.3 is 12.5 Å².